The number of hydrogen-bond donors (Lipinski definition) is 1. The highest BCUT2D eigenvalue weighted by molar-refractivity contribution is 8.26. The molecule has 41 heavy (non-hydrogen) atoms. The van der Waals surface area contributed by atoms with Crippen molar-refractivity contribution in [3.8, 4) is 16.9 Å². The number of benzene rings is 2. The zero-order chi connectivity index (χ0) is 29.4. The molecule has 1 aromatic heterocycles. The third-order valence-electron chi connectivity index (χ3n) is 6.98. The summed E-state index contributed by atoms with van der Waals surface area (Å²) in [7, 11) is -7.99. The predicted molar refractivity (Wildman–Crippen MR) is 162 cm³/mol. The Balaban J connectivity index is 1.53. The van der Waals surface area contributed by atoms with Crippen LogP contribution in [-0.2, 0) is 24.9 Å². The number of carbonyl (C=O) groups is 1. The maximum Gasteiger partial charge on any atom is 0.266 e. The normalized spacial score (nSPS) is 18.5. The van der Waals surface area contributed by atoms with Crippen LogP contribution in [0, 0.1) is 5.92 Å². The number of nitrogens with zero attached hydrogens (tertiary/aromatic N) is 4. The molecule has 1 N–H and O–H groups in total. The average Bonchev–Trinajstić information content (AvgIpc) is 3.48. The quantitative estimate of drug-likeness (QED) is 0.222. The van der Waals surface area contributed by atoms with Crippen molar-refractivity contribution in [3.05, 3.63) is 71.3 Å². The van der Waals surface area contributed by atoms with E-state index in [4.69, 9.17) is 21.9 Å². The summed E-state index contributed by atoms with van der Waals surface area (Å²) in [6.45, 7) is 2.80. The predicted octanol–water partition coefficient (Wildman–Crippen LogP) is 4.05. The lowest BCUT2D eigenvalue weighted by atomic mass is 10.0. The summed E-state index contributed by atoms with van der Waals surface area (Å²) in [6.07, 6.45) is 4.98. The molecular weight excluding hydrogens is 605 g/mol. The fourth-order valence-electron chi connectivity index (χ4n) is 4.65. The monoisotopic (exact) mass is 632 g/mol. The highest BCUT2D eigenvalue weighted by Gasteiger charge is 2.33. The van der Waals surface area contributed by atoms with Crippen LogP contribution in [0.1, 0.15) is 25.3 Å². The van der Waals surface area contributed by atoms with Crippen molar-refractivity contribution in [1.29, 1.82) is 0 Å². The van der Waals surface area contributed by atoms with Crippen molar-refractivity contribution in [1.82, 2.24) is 19.0 Å². The van der Waals surface area contributed by atoms with Gasteiger partial charge in [0.15, 0.2) is 0 Å². The van der Waals surface area contributed by atoms with Crippen molar-refractivity contribution < 1.29 is 26.2 Å². The fourth-order valence-corrected chi connectivity index (χ4v) is 7.88. The first-order chi connectivity index (χ1) is 19.4. The third kappa shape index (κ3) is 6.63. The van der Waals surface area contributed by atoms with Crippen molar-refractivity contribution in [3.63, 3.8) is 0 Å². The zero-order valence-electron chi connectivity index (χ0n) is 22.1. The SMILES string of the molecule is CC1CCN(S(=O)(=O)c2cccc(-c3nn(-c4ccccc4)cc3C=C3SC(=S)N(CCS(=O)(=O)O)C3=O)c2)CC1. The van der Waals surface area contributed by atoms with Crippen molar-refractivity contribution >= 4 is 60.4 Å². The minimum Gasteiger partial charge on any atom is -0.292 e. The summed E-state index contributed by atoms with van der Waals surface area (Å²) >= 11 is 6.31. The summed E-state index contributed by atoms with van der Waals surface area (Å²) < 4.78 is 61.8. The van der Waals surface area contributed by atoms with Gasteiger partial charge in [0.05, 0.1) is 21.2 Å². The third-order valence-corrected chi connectivity index (χ3v) is 11.0. The lowest BCUT2D eigenvalue weighted by Gasteiger charge is -2.29. The summed E-state index contributed by atoms with van der Waals surface area (Å²) in [6, 6.07) is 16.0. The van der Waals surface area contributed by atoms with Gasteiger partial charge in [-0.25, -0.2) is 13.1 Å². The van der Waals surface area contributed by atoms with E-state index < -0.39 is 31.8 Å². The van der Waals surface area contributed by atoms with Gasteiger partial charge in [0.25, 0.3) is 16.0 Å². The van der Waals surface area contributed by atoms with Crippen LogP contribution < -0.4 is 0 Å². The van der Waals surface area contributed by atoms with Gasteiger partial charge in [-0.2, -0.15) is 17.8 Å². The molecule has 5 rings (SSSR count). The molecule has 3 aromatic rings. The Morgan fingerprint density at radius 3 is 2.46 bits per heavy atom. The highest BCUT2D eigenvalue weighted by Crippen LogP contribution is 2.35. The van der Waals surface area contributed by atoms with E-state index in [0.29, 0.717) is 35.8 Å². The van der Waals surface area contributed by atoms with Gasteiger partial charge in [-0.1, -0.05) is 61.2 Å². The largest absolute Gasteiger partial charge is 0.292 e. The summed E-state index contributed by atoms with van der Waals surface area (Å²) in [4.78, 5) is 14.7. The van der Waals surface area contributed by atoms with Crippen LogP contribution in [0.5, 0.6) is 0 Å². The number of sulfonamides is 1. The van der Waals surface area contributed by atoms with E-state index in [1.807, 2.05) is 30.3 Å². The Labute approximate surface area is 248 Å². The number of amides is 1. The molecule has 0 aliphatic carbocycles. The molecule has 0 unspecified atom stereocenters. The van der Waals surface area contributed by atoms with Crippen LogP contribution in [0.25, 0.3) is 23.0 Å². The Hall–Kier alpha value is -2.88. The lowest BCUT2D eigenvalue weighted by molar-refractivity contribution is -0.121. The molecule has 14 heteroatoms. The first-order valence-corrected chi connectivity index (χ1v) is 17.2. The van der Waals surface area contributed by atoms with Gasteiger partial charge in [0.1, 0.15) is 10.0 Å². The van der Waals surface area contributed by atoms with Crippen molar-refractivity contribution in [2.75, 3.05) is 25.4 Å². The zero-order valence-corrected chi connectivity index (χ0v) is 25.3. The number of rotatable bonds is 8. The smallest absolute Gasteiger partial charge is 0.266 e. The van der Waals surface area contributed by atoms with Gasteiger partial charge >= 0.3 is 0 Å². The Morgan fingerprint density at radius 1 is 1.07 bits per heavy atom. The topological polar surface area (TPSA) is 130 Å². The maximum atomic E-state index is 13.5. The van der Waals surface area contributed by atoms with E-state index in [0.717, 1.165) is 35.2 Å². The van der Waals surface area contributed by atoms with Crippen LogP contribution in [0.3, 0.4) is 0 Å². The molecular formula is C27H28N4O6S4. The van der Waals surface area contributed by atoms with E-state index in [1.165, 1.54) is 4.31 Å². The number of aromatic nitrogens is 2. The average molecular weight is 633 g/mol. The summed E-state index contributed by atoms with van der Waals surface area (Å²) in [5.41, 5.74) is 2.33. The van der Waals surface area contributed by atoms with E-state index in [-0.39, 0.29) is 20.7 Å². The second-order valence-electron chi connectivity index (χ2n) is 9.95. The molecule has 1 amide bonds. The second-order valence-corrected chi connectivity index (χ2v) is 15.1. The minimum atomic E-state index is -4.28. The van der Waals surface area contributed by atoms with E-state index in [1.54, 1.807) is 41.2 Å². The number of thioether (sulfide) groups is 1. The van der Waals surface area contributed by atoms with E-state index >= 15 is 0 Å². The van der Waals surface area contributed by atoms with Crippen LogP contribution in [-0.4, -0.2) is 76.0 Å². The van der Waals surface area contributed by atoms with Crippen LogP contribution in [0.4, 0.5) is 0 Å². The molecule has 216 valence electrons. The van der Waals surface area contributed by atoms with E-state index in [2.05, 4.69) is 6.92 Å². The number of carbonyl (C=O) groups excluding carboxylic acids is 1. The van der Waals surface area contributed by atoms with Crippen molar-refractivity contribution in [2.24, 2.45) is 5.92 Å². The molecule has 2 aliphatic heterocycles. The molecule has 3 heterocycles. The molecule has 0 saturated carbocycles. The first-order valence-electron chi connectivity index (χ1n) is 12.9. The minimum absolute atomic E-state index is 0.168. The number of thiocarbonyl (C=S) groups is 1. The lowest BCUT2D eigenvalue weighted by Crippen LogP contribution is -2.37. The van der Waals surface area contributed by atoms with Gasteiger partial charge in [0.2, 0.25) is 10.0 Å². The van der Waals surface area contributed by atoms with Crippen LogP contribution in [0.15, 0.2) is 70.6 Å². The van der Waals surface area contributed by atoms with Gasteiger partial charge < -0.3 is 0 Å². The standard InChI is InChI=1S/C27H28N4O6S4/c1-19-10-12-29(13-11-19)41(36,37)23-9-5-6-20(16-23)25-21(18-31(28-25)22-7-3-2-4-8-22)17-24-26(32)30(27(38)39-24)14-15-40(33,34)35/h2-9,16-19H,10-15H2,1H3,(H,33,34,35). The number of piperidine rings is 1. The van der Waals surface area contributed by atoms with Crippen molar-refractivity contribution in [2.45, 2.75) is 24.7 Å². The second kappa shape index (κ2) is 11.8. The Morgan fingerprint density at radius 2 is 1.78 bits per heavy atom. The number of hydrogen-bond acceptors (Lipinski definition) is 8. The molecule has 2 aliphatic rings. The number of para-hydroxylation sites is 1. The molecule has 10 nitrogen and oxygen atoms in total. The highest BCUT2D eigenvalue weighted by atomic mass is 32.2. The summed E-state index contributed by atoms with van der Waals surface area (Å²) in [5.74, 6) is -0.641. The maximum absolute atomic E-state index is 13.5. The molecule has 2 aromatic carbocycles. The summed E-state index contributed by atoms with van der Waals surface area (Å²) in [5, 5.41) is 4.75. The molecule has 0 spiro atoms. The van der Waals surface area contributed by atoms with Gasteiger partial charge in [-0.15, -0.1) is 0 Å². The molecule has 2 saturated heterocycles. The molecule has 2 fully saturated rings. The molecule has 0 radical (unpaired) electrons. The Kier molecular flexibility index (Phi) is 8.51. The fraction of sp³-hybridized carbons (Fsp3) is 0.296. The van der Waals surface area contributed by atoms with E-state index in [9.17, 15) is 21.6 Å². The van der Waals surface area contributed by atoms with Gasteiger partial charge in [0, 0.05) is 37.0 Å². The Bertz CT molecular complexity index is 1730. The van der Waals surface area contributed by atoms with Crippen LogP contribution >= 0.6 is 24.0 Å². The van der Waals surface area contributed by atoms with Gasteiger partial charge in [-0.05, 0) is 49.1 Å². The first kappa shape index (κ1) is 29.6. The van der Waals surface area contributed by atoms with Gasteiger partial charge in [-0.3, -0.25) is 14.2 Å². The van der Waals surface area contributed by atoms with Crippen LogP contribution in [0.2, 0.25) is 0 Å². The molecule has 0 bridgehead atoms. The molecule has 0 atom stereocenters.